The van der Waals surface area contributed by atoms with E-state index >= 15 is 0 Å². The van der Waals surface area contributed by atoms with Gasteiger partial charge in [0.1, 0.15) is 0 Å². The third-order valence-electron chi connectivity index (χ3n) is 1.76. The maximum Gasteiger partial charge on any atom is 0.440 e. The van der Waals surface area contributed by atoms with Crippen LogP contribution in [0.4, 0.5) is 8.78 Å². The van der Waals surface area contributed by atoms with Gasteiger partial charge in [-0.05, 0) is 18.0 Å². The Labute approximate surface area is 83.4 Å². The van der Waals surface area contributed by atoms with Crippen LogP contribution in [0.2, 0.25) is 0 Å². The fraction of sp³-hybridized carbons (Fsp3) is 1.00. The molecule has 0 unspecified atom stereocenters. The zero-order chi connectivity index (χ0) is 10.2. The van der Waals surface area contributed by atoms with Crippen molar-refractivity contribution < 1.29 is 13.5 Å². The lowest BCUT2D eigenvalue weighted by atomic mass is 10.1. The molecule has 13 heavy (non-hydrogen) atoms. The molecule has 0 saturated heterocycles. The van der Waals surface area contributed by atoms with E-state index < -0.39 is 5.57 Å². The van der Waals surface area contributed by atoms with Gasteiger partial charge in [0.2, 0.25) is 0 Å². The van der Waals surface area contributed by atoms with E-state index in [-0.39, 0.29) is 6.61 Å². The molecule has 1 nitrogen and oxygen atoms in total. The molecule has 0 fully saturated rings. The first-order chi connectivity index (χ1) is 6.06. The van der Waals surface area contributed by atoms with Gasteiger partial charge in [-0.25, -0.2) is 0 Å². The van der Waals surface area contributed by atoms with Gasteiger partial charge in [-0.1, -0.05) is 39.0 Å². The summed E-state index contributed by atoms with van der Waals surface area (Å²) in [6.07, 6.45) is 6.26. The van der Waals surface area contributed by atoms with Gasteiger partial charge in [0, 0.05) is 0 Å². The van der Waals surface area contributed by atoms with Crippen molar-refractivity contribution in [2.75, 3.05) is 6.61 Å². The molecular formula is C9H17ClF2O. The summed E-state index contributed by atoms with van der Waals surface area (Å²) in [5.41, 5.74) is -3.48. The highest BCUT2D eigenvalue weighted by Gasteiger charge is 2.24. The predicted molar refractivity (Wildman–Crippen MR) is 50.1 cm³/mol. The minimum atomic E-state index is -3.48. The van der Waals surface area contributed by atoms with E-state index in [2.05, 4.69) is 23.3 Å². The van der Waals surface area contributed by atoms with E-state index in [4.69, 9.17) is 0 Å². The van der Waals surface area contributed by atoms with Crippen molar-refractivity contribution in [3.05, 3.63) is 0 Å². The molecule has 0 aromatic rings. The Morgan fingerprint density at radius 3 is 2.15 bits per heavy atom. The highest BCUT2D eigenvalue weighted by Crippen LogP contribution is 2.20. The minimum Gasteiger partial charge on any atom is -0.307 e. The van der Waals surface area contributed by atoms with Gasteiger partial charge in [0.25, 0.3) is 0 Å². The lowest BCUT2D eigenvalue weighted by Crippen LogP contribution is -2.12. The molecule has 0 aromatic carbocycles. The van der Waals surface area contributed by atoms with E-state index in [1.54, 1.807) is 0 Å². The van der Waals surface area contributed by atoms with E-state index in [1.807, 2.05) is 0 Å². The average Bonchev–Trinajstić information content (AvgIpc) is 2.01. The molecule has 0 atom stereocenters. The molecule has 0 amide bonds. The summed E-state index contributed by atoms with van der Waals surface area (Å²) in [6.45, 7) is 2.18. The van der Waals surface area contributed by atoms with E-state index in [1.165, 1.54) is 19.3 Å². The topological polar surface area (TPSA) is 9.23 Å². The summed E-state index contributed by atoms with van der Waals surface area (Å²) in [7, 11) is 0. The smallest absolute Gasteiger partial charge is 0.307 e. The van der Waals surface area contributed by atoms with Crippen molar-refractivity contribution in [2.45, 2.75) is 51.0 Å². The van der Waals surface area contributed by atoms with Crippen LogP contribution in [-0.4, -0.2) is 12.2 Å². The molecular weight excluding hydrogens is 198 g/mol. The summed E-state index contributed by atoms with van der Waals surface area (Å²) in [6, 6.07) is 0. The Bertz CT molecular complexity index is 115. The fourth-order valence-corrected chi connectivity index (χ4v) is 1.15. The zero-order valence-corrected chi connectivity index (χ0v) is 8.75. The molecule has 0 heterocycles. The molecule has 80 valence electrons. The summed E-state index contributed by atoms with van der Waals surface area (Å²) in [5, 5.41) is 0. The van der Waals surface area contributed by atoms with Crippen LogP contribution in [0.15, 0.2) is 0 Å². The lowest BCUT2D eigenvalue weighted by Gasteiger charge is -2.08. The molecule has 0 spiro atoms. The van der Waals surface area contributed by atoms with Crippen LogP contribution in [0.1, 0.15) is 45.4 Å². The predicted octanol–water partition coefficient (Wildman–Crippen LogP) is 4.15. The van der Waals surface area contributed by atoms with Crippen LogP contribution in [0.5, 0.6) is 0 Å². The second kappa shape index (κ2) is 7.51. The van der Waals surface area contributed by atoms with Gasteiger partial charge in [-0.15, -0.1) is 0 Å². The number of alkyl halides is 3. The van der Waals surface area contributed by atoms with Gasteiger partial charge < -0.3 is 4.74 Å². The zero-order valence-electron chi connectivity index (χ0n) is 7.99. The van der Waals surface area contributed by atoms with Crippen molar-refractivity contribution >= 4 is 11.6 Å². The van der Waals surface area contributed by atoms with Gasteiger partial charge >= 0.3 is 5.57 Å². The highest BCUT2D eigenvalue weighted by molar-refractivity contribution is 6.20. The summed E-state index contributed by atoms with van der Waals surface area (Å²) in [5.74, 6) is 0. The standard InChI is InChI=1S/C9H17ClF2O/c1-2-3-4-5-6-7-8-13-9(10,11)12/h2-8H2,1H3. The van der Waals surface area contributed by atoms with Crippen LogP contribution >= 0.6 is 11.6 Å². The van der Waals surface area contributed by atoms with Crippen molar-refractivity contribution in [2.24, 2.45) is 0 Å². The Morgan fingerprint density at radius 1 is 1.08 bits per heavy atom. The monoisotopic (exact) mass is 214 g/mol. The van der Waals surface area contributed by atoms with Gasteiger partial charge in [0.05, 0.1) is 6.61 Å². The molecule has 4 heteroatoms. The first-order valence-corrected chi connectivity index (χ1v) is 5.14. The first kappa shape index (κ1) is 13.1. The van der Waals surface area contributed by atoms with Crippen molar-refractivity contribution in [3.63, 3.8) is 0 Å². The van der Waals surface area contributed by atoms with Gasteiger partial charge in [-0.3, -0.25) is 0 Å². The third kappa shape index (κ3) is 12.1. The number of halogens is 3. The SMILES string of the molecule is CCCCCCCCOC(F)(F)Cl. The molecule has 0 radical (unpaired) electrons. The van der Waals surface area contributed by atoms with Crippen molar-refractivity contribution in [1.82, 2.24) is 0 Å². The minimum absolute atomic E-state index is 0.0443. The Hall–Kier alpha value is 0.110. The van der Waals surface area contributed by atoms with Gasteiger partial charge in [0.15, 0.2) is 0 Å². The van der Waals surface area contributed by atoms with Crippen LogP contribution in [0.3, 0.4) is 0 Å². The number of ether oxygens (including phenoxy) is 1. The average molecular weight is 215 g/mol. The van der Waals surface area contributed by atoms with E-state index in [9.17, 15) is 8.78 Å². The molecule has 0 aromatic heterocycles. The Kier molecular flexibility index (Phi) is 7.57. The summed E-state index contributed by atoms with van der Waals surface area (Å²) < 4.78 is 27.9. The molecule has 0 saturated carbocycles. The second-order valence-corrected chi connectivity index (χ2v) is 3.50. The molecule has 0 rings (SSSR count). The van der Waals surface area contributed by atoms with Crippen LogP contribution in [0, 0.1) is 0 Å². The maximum atomic E-state index is 11.9. The molecule has 0 bridgehead atoms. The van der Waals surface area contributed by atoms with Crippen molar-refractivity contribution in [3.8, 4) is 0 Å². The second-order valence-electron chi connectivity index (χ2n) is 3.06. The van der Waals surface area contributed by atoms with E-state index in [0.717, 1.165) is 12.8 Å². The third-order valence-corrected chi connectivity index (χ3v) is 1.87. The van der Waals surface area contributed by atoms with Crippen LogP contribution in [0.25, 0.3) is 0 Å². The van der Waals surface area contributed by atoms with Gasteiger partial charge in [-0.2, -0.15) is 8.78 Å². The number of rotatable bonds is 8. The number of hydrogen-bond acceptors (Lipinski definition) is 1. The normalized spacial score (nSPS) is 12.0. The largest absolute Gasteiger partial charge is 0.440 e. The Morgan fingerprint density at radius 2 is 1.62 bits per heavy atom. The Balaban J connectivity index is 3.00. The van der Waals surface area contributed by atoms with Crippen LogP contribution in [-0.2, 0) is 4.74 Å². The molecule has 0 N–H and O–H groups in total. The van der Waals surface area contributed by atoms with E-state index in [0.29, 0.717) is 6.42 Å². The van der Waals surface area contributed by atoms with Crippen molar-refractivity contribution in [1.29, 1.82) is 0 Å². The highest BCUT2D eigenvalue weighted by atomic mass is 35.5. The number of hydrogen-bond donors (Lipinski definition) is 0. The maximum absolute atomic E-state index is 11.9. The first-order valence-electron chi connectivity index (χ1n) is 4.77. The summed E-state index contributed by atoms with van der Waals surface area (Å²) >= 11 is 4.54. The molecule has 0 aliphatic rings. The summed E-state index contributed by atoms with van der Waals surface area (Å²) in [4.78, 5) is 0. The molecule has 0 aliphatic heterocycles. The molecule has 0 aliphatic carbocycles. The fourth-order valence-electron chi connectivity index (χ4n) is 1.07. The number of unbranched alkanes of at least 4 members (excludes halogenated alkanes) is 5. The lowest BCUT2D eigenvalue weighted by molar-refractivity contribution is -0.170. The quantitative estimate of drug-likeness (QED) is 0.436. The van der Waals surface area contributed by atoms with Crippen LogP contribution < -0.4 is 0 Å².